The number of hydrogen-bond donors (Lipinski definition) is 1. The number of benzene rings is 1. The predicted octanol–water partition coefficient (Wildman–Crippen LogP) is 1.56. The summed E-state index contributed by atoms with van der Waals surface area (Å²) >= 11 is 0. The van der Waals surface area contributed by atoms with Gasteiger partial charge in [0.05, 0.1) is 6.54 Å². The second-order valence-corrected chi connectivity index (χ2v) is 6.02. The van der Waals surface area contributed by atoms with Crippen LogP contribution in [0, 0.1) is 0 Å². The Morgan fingerprint density at radius 3 is 2.46 bits per heavy atom. The predicted molar refractivity (Wildman–Crippen MR) is 96.0 cm³/mol. The maximum atomic E-state index is 12.1. The van der Waals surface area contributed by atoms with Gasteiger partial charge in [-0.25, -0.2) is 0 Å². The van der Waals surface area contributed by atoms with E-state index in [4.69, 9.17) is 0 Å². The van der Waals surface area contributed by atoms with E-state index in [9.17, 15) is 4.79 Å². The average Bonchev–Trinajstić information content (AvgIpc) is 2.64. The molecule has 1 aromatic carbocycles. The first kappa shape index (κ1) is 16.5. The number of para-hydroxylation sites is 1. The molecule has 2 aromatic rings. The van der Waals surface area contributed by atoms with Crippen LogP contribution in [0.25, 0.3) is 0 Å². The molecule has 0 radical (unpaired) electrons. The molecule has 1 fully saturated rings. The molecule has 2 heterocycles. The minimum Gasteiger partial charge on any atom is -0.369 e. The van der Waals surface area contributed by atoms with Crippen LogP contribution in [0.3, 0.4) is 0 Å². The van der Waals surface area contributed by atoms with Crippen molar-refractivity contribution in [1.82, 2.24) is 15.2 Å². The second-order valence-electron chi connectivity index (χ2n) is 6.02. The summed E-state index contributed by atoms with van der Waals surface area (Å²) in [7, 11) is 0. The van der Waals surface area contributed by atoms with E-state index < -0.39 is 0 Å². The third-order valence-corrected chi connectivity index (χ3v) is 4.29. The van der Waals surface area contributed by atoms with Crippen LogP contribution in [-0.2, 0) is 11.2 Å². The normalized spacial score (nSPS) is 15.2. The van der Waals surface area contributed by atoms with Crippen molar-refractivity contribution in [2.45, 2.75) is 6.42 Å². The Hall–Kier alpha value is -2.40. The van der Waals surface area contributed by atoms with Gasteiger partial charge >= 0.3 is 0 Å². The van der Waals surface area contributed by atoms with E-state index in [1.165, 1.54) is 5.69 Å². The third-order valence-electron chi connectivity index (χ3n) is 4.29. The van der Waals surface area contributed by atoms with E-state index in [0.29, 0.717) is 13.1 Å². The summed E-state index contributed by atoms with van der Waals surface area (Å²) in [5.74, 6) is 0.0964. The van der Waals surface area contributed by atoms with Crippen LogP contribution in [0.5, 0.6) is 0 Å². The minimum absolute atomic E-state index is 0.0964. The summed E-state index contributed by atoms with van der Waals surface area (Å²) in [5.41, 5.74) is 2.27. The van der Waals surface area contributed by atoms with Crippen molar-refractivity contribution in [3.63, 3.8) is 0 Å². The highest BCUT2D eigenvalue weighted by molar-refractivity contribution is 5.78. The molecule has 0 aliphatic carbocycles. The fourth-order valence-electron chi connectivity index (χ4n) is 2.94. The molecule has 1 N–H and O–H groups in total. The molecule has 1 aromatic heterocycles. The van der Waals surface area contributed by atoms with E-state index >= 15 is 0 Å². The van der Waals surface area contributed by atoms with Gasteiger partial charge < -0.3 is 10.2 Å². The van der Waals surface area contributed by atoms with E-state index in [1.54, 1.807) is 6.20 Å². The van der Waals surface area contributed by atoms with Crippen LogP contribution in [0.15, 0.2) is 54.7 Å². The number of carbonyl (C=O) groups excluding carboxylic acids is 1. The van der Waals surface area contributed by atoms with Crippen LogP contribution >= 0.6 is 0 Å². The molecular weight excluding hydrogens is 300 g/mol. The van der Waals surface area contributed by atoms with Crippen molar-refractivity contribution in [2.24, 2.45) is 0 Å². The molecule has 5 heteroatoms. The van der Waals surface area contributed by atoms with Crippen molar-refractivity contribution in [3.8, 4) is 0 Å². The summed E-state index contributed by atoms with van der Waals surface area (Å²) in [6.45, 7) is 4.88. The first-order valence-electron chi connectivity index (χ1n) is 8.50. The van der Waals surface area contributed by atoms with Gasteiger partial charge in [0.1, 0.15) is 0 Å². The molecule has 1 aliphatic heterocycles. The zero-order chi connectivity index (χ0) is 16.6. The monoisotopic (exact) mass is 324 g/mol. The van der Waals surface area contributed by atoms with E-state index in [-0.39, 0.29) is 5.91 Å². The smallest absolute Gasteiger partial charge is 0.234 e. The average molecular weight is 324 g/mol. The number of anilines is 1. The highest BCUT2D eigenvalue weighted by Gasteiger charge is 2.18. The fourth-order valence-corrected chi connectivity index (χ4v) is 2.94. The van der Waals surface area contributed by atoms with Crippen molar-refractivity contribution in [3.05, 3.63) is 60.4 Å². The van der Waals surface area contributed by atoms with Gasteiger partial charge in [-0.3, -0.25) is 14.7 Å². The number of nitrogens with one attached hydrogen (secondary N) is 1. The van der Waals surface area contributed by atoms with Crippen molar-refractivity contribution in [2.75, 3.05) is 44.2 Å². The lowest BCUT2D eigenvalue weighted by atomic mass is 10.2. The number of rotatable bonds is 6. The fraction of sp³-hybridized carbons (Fsp3) is 0.368. The highest BCUT2D eigenvalue weighted by atomic mass is 16.2. The van der Waals surface area contributed by atoms with Gasteiger partial charge in [-0.05, 0) is 24.3 Å². The van der Waals surface area contributed by atoms with Gasteiger partial charge in [0.25, 0.3) is 0 Å². The summed E-state index contributed by atoms with van der Waals surface area (Å²) in [4.78, 5) is 20.9. The number of piperazine rings is 1. The summed E-state index contributed by atoms with van der Waals surface area (Å²) in [6, 6.07) is 16.3. The topological polar surface area (TPSA) is 48.5 Å². The van der Waals surface area contributed by atoms with Crippen LogP contribution in [0.4, 0.5) is 5.69 Å². The van der Waals surface area contributed by atoms with Gasteiger partial charge in [0, 0.05) is 56.7 Å². The molecule has 1 saturated heterocycles. The number of nitrogens with zero attached hydrogens (tertiary/aromatic N) is 3. The minimum atomic E-state index is 0.0964. The summed E-state index contributed by atoms with van der Waals surface area (Å²) in [5, 5.41) is 2.99. The lowest BCUT2D eigenvalue weighted by Crippen LogP contribution is -2.49. The van der Waals surface area contributed by atoms with E-state index in [0.717, 1.165) is 38.3 Å². The maximum Gasteiger partial charge on any atom is 0.234 e. The van der Waals surface area contributed by atoms with Crippen LogP contribution in [-0.4, -0.2) is 55.1 Å². The van der Waals surface area contributed by atoms with Gasteiger partial charge in [0.2, 0.25) is 5.91 Å². The van der Waals surface area contributed by atoms with Gasteiger partial charge in [0.15, 0.2) is 0 Å². The Balaban J connectivity index is 1.36. The van der Waals surface area contributed by atoms with Crippen molar-refractivity contribution < 1.29 is 4.79 Å². The van der Waals surface area contributed by atoms with Crippen LogP contribution < -0.4 is 10.2 Å². The Morgan fingerprint density at radius 2 is 1.75 bits per heavy atom. The lowest BCUT2D eigenvalue weighted by Gasteiger charge is -2.35. The molecule has 3 rings (SSSR count). The zero-order valence-electron chi connectivity index (χ0n) is 13.9. The number of pyridine rings is 1. The molecular formula is C19H24N4O. The standard InChI is InChI=1S/C19H24N4O/c24-19(21-11-9-17-6-4-5-10-20-17)16-22-12-14-23(15-13-22)18-7-2-1-3-8-18/h1-8,10H,9,11-16H2,(H,21,24). The molecule has 0 atom stereocenters. The molecule has 1 amide bonds. The molecule has 24 heavy (non-hydrogen) atoms. The van der Waals surface area contributed by atoms with E-state index in [1.807, 2.05) is 24.3 Å². The Morgan fingerprint density at radius 1 is 1.00 bits per heavy atom. The van der Waals surface area contributed by atoms with Gasteiger partial charge in [-0.1, -0.05) is 24.3 Å². The molecule has 126 valence electrons. The lowest BCUT2D eigenvalue weighted by molar-refractivity contribution is -0.122. The van der Waals surface area contributed by atoms with E-state index in [2.05, 4.69) is 44.4 Å². The third kappa shape index (κ3) is 4.80. The molecule has 0 spiro atoms. The largest absolute Gasteiger partial charge is 0.369 e. The molecule has 0 saturated carbocycles. The zero-order valence-corrected chi connectivity index (χ0v) is 13.9. The maximum absolute atomic E-state index is 12.1. The molecule has 1 aliphatic rings. The quantitative estimate of drug-likeness (QED) is 0.876. The molecule has 0 bridgehead atoms. The Labute approximate surface area is 143 Å². The van der Waals surface area contributed by atoms with Crippen LogP contribution in [0.1, 0.15) is 5.69 Å². The number of amides is 1. The highest BCUT2D eigenvalue weighted by Crippen LogP contribution is 2.15. The SMILES string of the molecule is O=C(CN1CCN(c2ccccc2)CC1)NCCc1ccccn1. The van der Waals surface area contributed by atoms with Gasteiger partial charge in [-0.15, -0.1) is 0 Å². The second kappa shape index (κ2) is 8.45. The number of carbonyl (C=O) groups is 1. The molecule has 0 unspecified atom stereocenters. The Kier molecular flexibility index (Phi) is 5.80. The van der Waals surface area contributed by atoms with Crippen LogP contribution in [0.2, 0.25) is 0 Å². The Bertz CT molecular complexity index is 624. The number of aromatic nitrogens is 1. The van der Waals surface area contributed by atoms with Gasteiger partial charge in [-0.2, -0.15) is 0 Å². The number of hydrogen-bond acceptors (Lipinski definition) is 4. The van der Waals surface area contributed by atoms with Crippen molar-refractivity contribution >= 4 is 11.6 Å². The molecule has 5 nitrogen and oxygen atoms in total. The van der Waals surface area contributed by atoms with Crippen molar-refractivity contribution in [1.29, 1.82) is 0 Å². The first-order valence-corrected chi connectivity index (χ1v) is 8.50. The first-order chi connectivity index (χ1) is 11.8. The summed E-state index contributed by atoms with van der Waals surface area (Å²) < 4.78 is 0. The summed E-state index contributed by atoms with van der Waals surface area (Å²) in [6.07, 6.45) is 2.55.